The first-order chi connectivity index (χ1) is 7.33. The van der Waals surface area contributed by atoms with Crippen LogP contribution in [0.25, 0.3) is 0 Å². The topological polar surface area (TPSA) is 47.6 Å². The molecule has 86 valence electrons. The Balaban J connectivity index is 2.05. The molecule has 15 heavy (non-hydrogen) atoms. The Hall–Kier alpha value is -1.03. The van der Waals surface area contributed by atoms with Crippen molar-refractivity contribution in [2.24, 2.45) is 5.92 Å². The minimum Gasteiger partial charge on any atom is -0.434 e. The Morgan fingerprint density at radius 3 is 3.07 bits per heavy atom. The molecular weight excluding hydrogens is 194 g/mol. The van der Waals surface area contributed by atoms with Crippen molar-refractivity contribution in [2.45, 2.75) is 19.8 Å². The molecule has 0 saturated carbocycles. The molecule has 1 aliphatic rings. The van der Waals surface area contributed by atoms with E-state index in [1.807, 2.05) is 13.0 Å². The molecule has 1 N–H and O–H groups in total. The summed E-state index contributed by atoms with van der Waals surface area (Å²) in [6.45, 7) is 4.66. The zero-order valence-corrected chi connectivity index (χ0v) is 9.20. The zero-order valence-electron chi connectivity index (χ0n) is 9.20. The van der Waals surface area contributed by atoms with E-state index in [2.05, 4.69) is 11.4 Å². The quantitative estimate of drug-likeness (QED) is 0.429. The molecule has 0 aromatic heterocycles. The van der Waals surface area contributed by atoms with Crippen molar-refractivity contribution < 1.29 is 14.3 Å². The molecule has 0 radical (unpaired) electrons. The first kappa shape index (κ1) is 12.0. The fraction of sp³-hybridized carbons (Fsp3) is 0.727. The summed E-state index contributed by atoms with van der Waals surface area (Å²) < 4.78 is 9.84. The van der Waals surface area contributed by atoms with Crippen molar-refractivity contribution in [3.63, 3.8) is 0 Å². The van der Waals surface area contributed by atoms with E-state index in [1.165, 1.54) is 0 Å². The molecule has 4 nitrogen and oxygen atoms in total. The van der Waals surface area contributed by atoms with Gasteiger partial charge in [0, 0.05) is 19.0 Å². The summed E-state index contributed by atoms with van der Waals surface area (Å²) in [7, 11) is 0. The van der Waals surface area contributed by atoms with Gasteiger partial charge >= 0.3 is 6.16 Å². The zero-order chi connectivity index (χ0) is 10.9. The van der Waals surface area contributed by atoms with Crippen LogP contribution in [0.3, 0.4) is 0 Å². The monoisotopic (exact) mass is 213 g/mol. The van der Waals surface area contributed by atoms with Gasteiger partial charge < -0.3 is 14.8 Å². The van der Waals surface area contributed by atoms with E-state index in [0.717, 1.165) is 25.9 Å². The van der Waals surface area contributed by atoms with E-state index < -0.39 is 6.16 Å². The highest BCUT2D eigenvalue weighted by atomic mass is 16.7. The van der Waals surface area contributed by atoms with Crippen molar-refractivity contribution in [3.05, 3.63) is 12.2 Å². The summed E-state index contributed by atoms with van der Waals surface area (Å²) in [5.74, 6) is 0.275. The van der Waals surface area contributed by atoms with Crippen molar-refractivity contribution in [3.8, 4) is 0 Å². The van der Waals surface area contributed by atoms with Gasteiger partial charge in [-0.05, 0) is 6.42 Å². The minimum atomic E-state index is -0.553. The highest BCUT2D eigenvalue weighted by molar-refractivity contribution is 5.59. The first-order valence-corrected chi connectivity index (χ1v) is 5.50. The SMILES string of the molecule is CCCCOC(=O)OCC1C=CCNC1. The lowest BCUT2D eigenvalue weighted by Gasteiger charge is -2.16. The van der Waals surface area contributed by atoms with E-state index in [9.17, 15) is 4.79 Å². The van der Waals surface area contributed by atoms with Crippen molar-refractivity contribution in [2.75, 3.05) is 26.3 Å². The van der Waals surface area contributed by atoms with Gasteiger partial charge in [0.05, 0.1) is 6.61 Å². The molecule has 0 fully saturated rings. The summed E-state index contributed by atoms with van der Waals surface area (Å²) in [5, 5.41) is 3.19. The lowest BCUT2D eigenvalue weighted by Crippen LogP contribution is -2.29. The normalized spacial score (nSPS) is 19.9. The Morgan fingerprint density at radius 2 is 2.40 bits per heavy atom. The van der Waals surface area contributed by atoms with Crippen LogP contribution >= 0.6 is 0 Å². The molecule has 0 bridgehead atoms. The molecule has 0 aromatic rings. The van der Waals surface area contributed by atoms with Gasteiger partial charge in [-0.2, -0.15) is 0 Å². The average Bonchev–Trinajstić information content (AvgIpc) is 2.28. The Labute approximate surface area is 90.6 Å². The highest BCUT2D eigenvalue weighted by Gasteiger charge is 2.11. The maximum Gasteiger partial charge on any atom is 0.508 e. The smallest absolute Gasteiger partial charge is 0.434 e. The standard InChI is InChI=1S/C11H19NO3/c1-2-3-7-14-11(13)15-9-10-5-4-6-12-8-10/h4-5,10,12H,2-3,6-9H2,1H3. The maximum absolute atomic E-state index is 11.1. The van der Waals surface area contributed by atoms with Crippen molar-refractivity contribution >= 4 is 6.16 Å². The highest BCUT2D eigenvalue weighted by Crippen LogP contribution is 2.03. The van der Waals surface area contributed by atoms with E-state index >= 15 is 0 Å². The van der Waals surface area contributed by atoms with E-state index in [1.54, 1.807) is 0 Å². The Morgan fingerprint density at radius 1 is 1.53 bits per heavy atom. The van der Waals surface area contributed by atoms with Crippen LogP contribution in [0.2, 0.25) is 0 Å². The van der Waals surface area contributed by atoms with Gasteiger partial charge in [0.25, 0.3) is 0 Å². The van der Waals surface area contributed by atoms with Crippen molar-refractivity contribution in [1.29, 1.82) is 0 Å². The molecule has 0 aromatic carbocycles. The lowest BCUT2D eigenvalue weighted by molar-refractivity contribution is 0.0474. The molecule has 0 amide bonds. The number of hydrogen-bond donors (Lipinski definition) is 1. The van der Waals surface area contributed by atoms with Gasteiger partial charge in [-0.15, -0.1) is 0 Å². The molecule has 1 aliphatic heterocycles. The third-order valence-electron chi connectivity index (χ3n) is 2.21. The third kappa shape index (κ3) is 5.42. The lowest BCUT2D eigenvalue weighted by atomic mass is 10.1. The van der Waals surface area contributed by atoms with Gasteiger partial charge in [-0.1, -0.05) is 25.5 Å². The number of nitrogens with one attached hydrogen (secondary N) is 1. The van der Waals surface area contributed by atoms with Crippen LogP contribution in [-0.2, 0) is 9.47 Å². The summed E-state index contributed by atoms with van der Waals surface area (Å²) in [6, 6.07) is 0. The van der Waals surface area contributed by atoms with Gasteiger partial charge in [0.2, 0.25) is 0 Å². The van der Waals surface area contributed by atoms with Crippen molar-refractivity contribution in [1.82, 2.24) is 5.32 Å². The van der Waals surface area contributed by atoms with Crippen LogP contribution < -0.4 is 5.32 Å². The third-order valence-corrected chi connectivity index (χ3v) is 2.21. The van der Waals surface area contributed by atoms with Crippen LogP contribution in [0.4, 0.5) is 4.79 Å². The molecule has 0 spiro atoms. The van der Waals surface area contributed by atoms with Crippen LogP contribution in [0.15, 0.2) is 12.2 Å². The summed E-state index contributed by atoms with van der Waals surface area (Å²) in [5.41, 5.74) is 0. The fourth-order valence-electron chi connectivity index (χ4n) is 1.31. The number of carbonyl (C=O) groups is 1. The fourth-order valence-corrected chi connectivity index (χ4v) is 1.31. The predicted octanol–water partition coefficient (Wildman–Crippen LogP) is 1.72. The number of ether oxygens (including phenoxy) is 2. The van der Waals surface area contributed by atoms with Gasteiger partial charge in [0.1, 0.15) is 6.61 Å². The van der Waals surface area contributed by atoms with Gasteiger partial charge in [-0.25, -0.2) is 4.79 Å². The minimum absolute atomic E-state index is 0.275. The molecule has 1 atom stereocenters. The second kappa shape index (κ2) is 7.29. The maximum atomic E-state index is 11.1. The van der Waals surface area contributed by atoms with E-state index in [-0.39, 0.29) is 5.92 Å². The largest absolute Gasteiger partial charge is 0.508 e. The molecular formula is C11H19NO3. The Bertz CT molecular complexity index is 216. The van der Waals surface area contributed by atoms with Crippen LogP contribution in [0, 0.1) is 5.92 Å². The molecule has 1 rings (SSSR count). The number of hydrogen-bond acceptors (Lipinski definition) is 4. The summed E-state index contributed by atoms with van der Waals surface area (Å²) in [4.78, 5) is 11.1. The number of rotatable bonds is 5. The van der Waals surface area contributed by atoms with E-state index in [0.29, 0.717) is 13.2 Å². The van der Waals surface area contributed by atoms with Gasteiger partial charge in [0.15, 0.2) is 0 Å². The molecule has 0 saturated heterocycles. The summed E-state index contributed by atoms with van der Waals surface area (Å²) >= 11 is 0. The van der Waals surface area contributed by atoms with Crippen LogP contribution in [0.5, 0.6) is 0 Å². The molecule has 1 heterocycles. The average molecular weight is 213 g/mol. The molecule has 4 heteroatoms. The summed E-state index contributed by atoms with van der Waals surface area (Å²) in [6.07, 6.45) is 5.46. The van der Waals surface area contributed by atoms with Crippen LogP contribution in [0.1, 0.15) is 19.8 Å². The molecule has 0 aliphatic carbocycles. The van der Waals surface area contributed by atoms with E-state index in [4.69, 9.17) is 9.47 Å². The second-order valence-electron chi connectivity index (χ2n) is 3.61. The number of carbonyl (C=O) groups excluding carboxylic acids is 1. The molecule has 1 unspecified atom stereocenters. The second-order valence-corrected chi connectivity index (χ2v) is 3.61. The van der Waals surface area contributed by atoms with Gasteiger partial charge in [-0.3, -0.25) is 0 Å². The first-order valence-electron chi connectivity index (χ1n) is 5.50. The predicted molar refractivity (Wildman–Crippen MR) is 57.7 cm³/mol. The Kier molecular flexibility index (Phi) is 5.85. The van der Waals surface area contributed by atoms with Crippen LogP contribution in [-0.4, -0.2) is 32.5 Å². The number of unbranched alkanes of at least 4 members (excludes halogenated alkanes) is 1.